The van der Waals surface area contributed by atoms with Crippen molar-refractivity contribution in [2.75, 3.05) is 0 Å². The van der Waals surface area contributed by atoms with Crippen molar-refractivity contribution >= 4 is 27.6 Å². The van der Waals surface area contributed by atoms with Crippen LogP contribution >= 0.6 is 11.5 Å². The second-order valence-corrected chi connectivity index (χ2v) is 6.27. The van der Waals surface area contributed by atoms with E-state index >= 15 is 0 Å². The molecule has 112 valence electrons. The summed E-state index contributed by atoms with van der Waals surface area (Å²) in [6.07, 6.45) is 0. The fourth-order valence-electron chi connectivity index (χ4n) is 2.40. The molecule has 0 aliphatic rings. The second kappa shape index (κ2) is 5.77. The molecule has 0 radical (unpaired) electrons. The lowest BCUT2D eigenvalue weighted by Crippen LogP contribution is -2.17. The van der Waals surface area contributed by atoms with Crippen molar-refractivity contribution in [2.24, 2.45) is 0 Å². The largest absolute Gasteiger partial charge is 0.439 e. The van der Waals surface area contributed by atoms with Crippen molar-refractivity contribution in [2.45, 2.75) is 20.6 Å². The average molecular weight is 313 g/mol. The molecule has 0 fully saturated rings. The van der Waals surface area contributed by atoms with Gasteiger partial charge in [0.1, 0.15) is 0 Å². The summed E-state index contributed by atoms with van der Waals surface area (Å²) in [5, 5.41) is 0.648. The lowest BCUT2D eigenvalue weighted by atomic mass is 10.1. The van der Waals surface area contributed by atoms with Crippen molar-refractivity contribution in [1.82, 2.24) is 3.96 Å². The van der Waals surface area contributed by atoms with Crippen molar-refractivity contribution in [3.63, 3.8) is 0 Å². The number of rotatable bonds is 3. The molecule has 0 atom stereocenters. The van der Waals surface area contributed by atoms with Crippen LogP contribution in [0.25, 0.3) is 10.1 Å². The molecule has 0 saturated carbocycles. The quantitative estimate of drug-likeness (QED) is 0.695. The standard InChI is InChI=1S/C17H15NO3S/c1-11-7-12(2)9-13(8-11)17(20)21-10-18-16(19)14-5-3-4-6-15(14)22-18/h3-9H,10H2,1-2H3. The van der Waals surface area contributed by atoms with Gasteiger partial charge in [0.15, 0.2) is 6.73 Å². The summed E-state index contributed by atoms with van der Waals surface area (Å²) in [6, 6.07) is 12.9. The van der Waals surface area contributed by atoms with Crippen molar-refractivity contribution < 1.29 is 9.53 Å². The molecule has 0 unspecified atom stereocenters. The lowest BCUT2D eigenvalue weighted by molar-refractivity contribution is 0.0385. The molecule has 1 heterocycles. The summed E-state index contributed by atoms with van der Waals surface area (Å²) < 4.78 is 7.60. The van der Waals surface area contributed by atoms with Crippen molar-refractivity contribution in [3.05, 3.63) is 69.5 Å². The Morgan fingerprint density at radius 2 is 1.82 bits per heavy atom. The first-order chi connectivity index (χ1) is 10.5. The van der Waals surface area contributed by atoms with Gasteiger partial charge in [-0.15, -0.1) is 0 Å². The third-order valence-electron chi connectivity index (χ3n) is 3.32. The highest BCUT2D eigenvalue weighted by molar-refractivity contribution is 7.13. The van der Waals surface area contributed by atoms with E-state index in [0.29, 0.717) is 10.9 Å². The molecule has 0 aliphatic carbocycles. The number of aromatic nitrogens is 1. The van der Waals surface area contributed by atoms with Crippen LogP contribution in [0.1, 0.15) is 21.5 Å². The topological polar surface area (TPSA) is 48.3 Å². The minimum Gasteiger partial charge on any atom is -0.439 e. The van der Waals surface area contributed by atoms with Crippen LogP contribution < -0.4 is 5.56 Å². The van der Waals surface area contributed by atoms with Crippen LogP contribution in [0.15, 0.2) is 47.3 Å². The zero-order valence-corrected chi connectivity index (χ0v) is 13.1. The molecular formula is C17H15NO3S. The van der Waals surface area contributed by atoms with Gasteiger partial charge in [-0.25, -0.2) is 8.75 Å². The van der Waals surface area contributed by atoms with E-state index in [9.17, 15) is 9.59 Å². The summed E-state index contributed by atoms with van der Waals surface area (Å²) in [5.74, 6) is -0.420. The van der Waals surface area contributed by atoms with Gasteiger partial charge in [-0.1, -0.05) is 40.9 Å². The minimum absolute atomic E-state index is 0.0655. The summed E-state index contributed by atoms with van der Waals surface area (Å²) in [6.45, 7) is 3.80. The SMILES string of the molecule is Cc1cc(C)cc(C(=O)OCn2sc3ccccc3c2=O)c1. The Balaban J connectivity index is 1.80. The zero-order chi connectivity index (χ0) is 15.7. The molecule has 0 amide bonds. The number of carbonyl (C=O) groups is 1. The number of hydrogen-bond acceptors (Lipinski definition) is 4. The summed E-state index contributed by atoms with van der Waals surface area (Å²) >= 11 is 1.29. The Hall–Kier alpha value is -2.40. The van der Waals surface area contributed by atoms with Gasteiger partial charge < -0.3 is 4.74 Å². The summed E-state index contributed by atoms with van der Waals surface area (Å²) in [4.78, 5) is 24.3. The molecule has 0 bridgehead atoms. The molecule has 3 aromatic rings. The first-order valence-electron chi connectivity index (χ1n) is 6.89. The molecule has 5 heteroatoms. The first-order valence-corrected chi connectivity index (χ1v) is 7.66. The fourth-order valence-corrected chi connectivity index (χ4v) is 3.31. The van der Waals surface area contributed by atoms with Gasteiger partial charge in [0.2, 0.25) is 0 Å². The van der Waals surface area contributed by atoms with E-state index in [1.54, 1.807) is 18.2 Å². The number of fused-ring (bicyclic) bond motifs is 1. The number of aryl methyl sites for hydroxylation is 2. The number of carbonyl (C=O) groups excluding carboxylic acids is 1. The molecule has 1 aromatic heterocycles. The molecule has 4 nitrogen and oxygen atoms in total. The van der Waals surface area contributed by atoms with Gasteiger partial charge in [0.05, 0.1) is 15.6 Å². The van der Waals surface area contributed by atoms with E-state index in [0.717, 1.165) is 15.8 Å². The fraction of sp³-hybridized carbons (Fsp3) is 0.176. The normalized spacial score (nSPS) is 10.8. The highest BCUT2D eigenvalue weighted by Gasteiger charge is 2.11. The second-order valence-electron chi connectivity index (χ2n) is 5.21. The maximum atomic E-state index is 12.2. The molecule has 22 heavy (non-hydrogen) atoms. The Labute approximate surface area is 131 Å². The number of nitrogens with zero attached hydrogens (tertiary/aromatic N) is 1. The van der Waals surface area contributed by atoms with E-state index in [1.165, 1.54) is 15.5 Å². The van der Waals surface area contributed by atoms with Crippen LogP contribution in [0.5, 0.6) is 0 Å². The van der Waals surface area contributed by atoms with Gasteiger partial charge in [-0.3, -0.25) is 4.79 Å². The molecule has 0 N–H and O–H groups in total. The predicted molar refractivity (Wildman–Crippen MR) is 87.4 cm³/mol. The van der Waals surface area contributed by atoms with E-state index in [2.05, 4.69) is 0 Å². The van der Waals surface area contributed by atoms with Gasteiger partial charge in [-0.2, -0.15) is 0 Å². The maximum absolute atomic E-state index is 12.2. The van der Waals surface area contributed by atoms with E-state index in [4.69, 9.17) is 4.74 Å². The zero-order valence-electron chi connectivity index (χ0n) is 12.3. The number of hydrogen-bond donors (Lipinski definition) is 0. The van der Waals surface area contributed by atoms with Crippen LogP contribution in [0, 0.1) is 13.8 Å². The molecule has 0 spiro atoms. The van der Waals surface area contributed by atoms with Crippen LogP contribution in [-0.2, 0) is 11.5 Å². The van der Waals surface area contributed by atoms with Crippen LogP contribution in [0.2, 0.25) is 0 Å². The first kappa shape index (κ1) is 14.5. The van der Waals surface area contributed by atoms with Gasteiger partial charge in [-0.05, 0) is 38.1 Å². The van der Waals surface area contributed by atoms with Gasteiger partial charge in [0, 0.05) is 0 Å². The summed E-state index contributed by atoms with van der Waals surface area (Å²) in [7, 11) is 0. The Kier molecular flexibility index (Phi) is 3.81. The van der Waals surface area contributed by atoms with E-state index in [1.807, 2.05) is 38.1 Å². The van der Waals surface area contributed by atoms with E-state index in [-0.39, 0.29) is 12.3 Å². The molecule has 0 saturated heterocycles. The molecule has 3 rings (SSSR count). The minimum atomic E-state index is -0.420. The third kappa shape index (κ3) is 2.80. The number of benzene rings is 2. The summed E-state index contributed by atoms with van der Waals surface area (Å²) in [5.41, 5.74) is 2.39. The average Bonchev–Trinajstić information content (AvgIpc) is 2.81. The van der Waals surface area contributed by atoms with Crippen LogP contribution in [0.3, 0.4) is 0 Å². The smallest absolute Gasteiger partial charge is 0.339 e. The lowest BCUT2D eigenvalue weighted by Gasteiger charge is -2.06. The monoisotopic (exact) mass is 313 g/mol. The predicted octanol–water partition coefficient (Wildman–Crippen LogP) is 3.49. The molecule has 2 aromatic carbocycles. The van der Waals surface area contributed by atoms with Crippen molar-refractivity contribution in [3.8, 4) is 0 Å². The maximum Gasteiger partial charge on any atom is 0.339 e. The van der Waals surface area contributed by atoms with E-state index < -0.39 is 5.97 Å². The molecule has 0 aliphatic heterocycles. The third-order valence-corrected chi connectivity index (χ3v) is 4.37. The Morgan fingerprint density at radius 1 is 1.14 bits per heavy atom. The van der Waals surface area contributed by atoms with Crippen LogP contribution in [0.4, 0.5) is 0 Å². The highest BCUT2D eigenvalue weighted by Crippen LogP contribution is 2.16. The van der Waals surface area contributed by atoms with Crippen molar-refractivity contribution in [1.29, 1.82) is 0 Å². The number of ether oxygens (including phenoxy) is 1. The molecular weight excluding hydrogens is 298 g/mol. The Bertz CT molecular complexity index is 887. The van der Waals surface area contributed by atoms with Gasteiger partial charge in [0.25, 0.3) is 5.56 Å². The number of esters is 1. The van der Waals surface area contributed by atoms with Crippen LogP contribution in [-0.4, -0.2) is 9.93 Å². The Morgan fingerprint density at radius 3 is 2.50 bits per heavy atom. The highest BCUT2D eigenvalue weighted by atomic mass is 32.1. The van der Waals surface area contributed by atoms with Gasteiger partial charge >= 0.3 is 5.97 Å².